The molecule has 0 aromatic rings. The second-order valence-electron chi connectivity index (χ2n) is 5.96. The molecule has 0 saturated carbocycles. The summed E-state index contributed by atoms with van der Waals surface area (Å²) in [5.41, 5.74) is -0.427. The van der Waals surface area contributed by atoms with Gasteiger partial charge in [0.1, 0.15) is 0 Å². The summed E-state index contributed by atoms with van der Waals surface area (Å²) in [4.78, 5) is 12.3. The summed E-state index contributed by atoms with van der Waals surface area (Å²) in [6.45, 7) is 13.5. The Balaban J connectivity index is 4.54. The first-order valence-corrected chi connectivity index (χ1v) is 7.41. The van der Waals surface area contributed by atoms with Crippen molar-refractivity contribution >= 4 is 5.91 Å². The fraction of sp³-hybridized carbons (Fsp3) is 0.933. The number of rotatable bonds is 9. The minimum absolute atomic E-state index is 0.134. The van der Waals surface area contributed by atoms with Crippen molar-refractivity contribution in [3.05, 3.63) is 0 Å². The van der Waals surface area contributed by atoms with Crippen LogP contribution in [0.5, 0.6) is 0 Å². The SMILES string of the molecule is CCCCC(C)(NCC(C)CC)C(=O)NC(C)C. The van der Waals surface area contributed by atoms with E-state index in [1.54, 1.807) is 0 Å². The molecule has 1 amide bonds. The van der Waals surface area contributed by atoms with Crippen LogP contribution >= 0.6 is 0 Å². The molecule has 0 aromatic heterocycles. The highest BCUT2D eigenvalue weighted by atomic mass is 16.2. The largest absolute Gasteiger partial charge is 0.352 e. The zero-order chi connectivity index (χ0) is 14.2. The molecular weight excluding hydrogens is 224 g/mol. The summed E-state index contributed by atoms with van der Waals surface area (Å²) in [6.07, 6.45) is 4.24. The van der Waals surface area contributed by atoms with Gasteiger partial charge in [0.15, 0.2) is 0 Å². The first kappa shape index (κ1) is 17.4. The maximum Gasteiger partial charge on any atom is 0.240 e. The molecule has 18 heavy (non-hydrogen) atoms. The molecule has 3 nitrogen and oxygen atoms in total. The summed E-state index contributed by atoms with van der Waals surface area (Å²) in [7, 11) is 0. The molecule has 0 fully saturated rings. The van der Waals surface area contributed by atoms with Crippen LogP contribution in [0, 0.1) is 5.92 Å². The Kier molecular flexibility index (Phi) is 8.25. The number of amides is 1. The molecule has 0 aliphatic heterocycles. The van der Waals surface area contributed by atoms with E-state index in [0.29, 0.717) is 5.92 Å². The maximum atomic E-state index is 12.3. The third-order valence-corrected chi connectivity index (χ3v) is 3.49. The number of carbonyl (C=O) groups is 1. The normalized spacial score (nSPS) is 16.4. The van der Waals surface area contributed by atoms with Crippen LogP contribution in [-0.2, 0) is 4.79 Å². The lowest BCUT2D eigenvalue weighted by molar-refractivity contribution is -0.128. The molecule has 0 saturated heterocycles. The van der Waals surface area contributed by atoms with Gasteiger partial charge in [-0.15, -0.1) is 0 Å². The van der Waals surface area contributed by atoms with E-state index >= 15 is 0 Å². The van der Waals surface area contributed by atoms with Gasteiger partial charge in [-0.25, -0.2) is 0 Å². The third kappa shape index (κ3) is 6.39. The van der Waals surface area contributed by atoms with Gasteiger partial charge in [0, 0.05) is 6.04 Å². The van der Waals surface area contributed by atoms with E-state index in [1.165, 1.54) is 0 Å². The number of hydrogen-bond donors (Lipinski definition) is 2. The molecular formula is C15H32N2O. The maximum absolute atomic E-state index is 12.3. The van der Waals surface area contributed by atoms with Gasteiger partial charge in [-0.2, -0.15) is 0 Å². The Bertz CT molecular complexity index is 241. The van der Waals surface area contributed by atoms with Gasteiger partial charge in [-0.3, -0.25) is 4.79 Å². The van der Waals surface area contributed by atoms with E-state index < -0.39 is 5.54 Å². The Morgan fingerprint density at radius 3 is 2.28 bits per heavy atom. The minimum atomic E-state index is -0.427. The van der Waals surface area contributed by atoms with Gasteiger partial charge in [0.25, 0.3) is 0 Å². The van der Waals surface area contributed by atoms with Crippen LogP contribution in [0.4, 0.5) is 0 Å². The molecule has 0 aromatic carbocycles. The molecule has 0 radical (unpaired) electrons. The van der Waals surface area contributed by atoms with Crippen molar-refractivity contribution in [2.75, 3.05) is 6.54 Å². The molecule has 2 N–H and O–H groups in total. The third-order valence-electron chi connectivity index (χ3n) is 3.49. The average molecular weight is 256 g/mol. The van der Waals surface area contributed by atoms with Crippen LogP contribution in [0.15, 0.2) is 0 Å². The highest BCUT2D eigenvalue weighted by Crippen LogP contribution is 2.15. The van der Waals surface area contributed by atoms with E-state index in [0.717, 1.165) is 32.2 Å². The summed E-state index contributed by atoms with van der Waals surface area (Å²) >= 11 is 0. The van der Waals surface area contributed by atoms with Gasteiger partial charge < -0.3 is 10.6 Å². The smallest absolute Gasteiger partial charge is 0.240 e. The molecule has 2 unspecified atom stereocenters. The van der Waals surface area contributed by atoms with E-state index in [1.807, 2.05) is 20.8 Å². The lowest BCUT2D eigenvalue weighted by atomic mass is 9.92. The van der Waals surface area contributed by atoms with Gasteiger partial charge in [-0.1, -0.05) is 40.0 Å². The van der Waals surface area contributed by atoms with Crippen molar-refractivity contribution in [2.24, 2.45) is 5.92 Å². The van der Waals surface area contributed by atoms with Gasteiger partial charge >= 0.3 is 0 Å². The van der Waals surface area contributed by atoms with Crippen LogP contribution in [0.1, 0.15) is 67.2 Å². The molecule has 3 heteroatoms. The second kappa shape index (κ2) is 8.52. The standard InChI is InChI=1S/C15H32N2O/c1-7-9-10-15(6,14(18)17-12(3)4)16-11-13(5)8-2/h12-13,16H,7-11H2,1-6H3,(H,17,18). The number of unbranched alkanes of at least 4 members (excludes halogenated alkanes) is 1. The average Bonchev–Trinajstić information content (AvgIpc) is 2.32. The highest BCUT2D eigenvalue weighted by Gasteiger charge is 2.32. The van der Waals surface area contributed by atoms with Gasteiger partial charge in [-0.05, 0) is 39.7 Å². The van der Waals surface area contributed by atoms with Crippen LogP contribution in [0.3, 0.4) is 0 Å². The lowest BCUT2D eigenvalue weighted by Crippen LogP contribution is -2.57. The van der Waals surface area contributed by atoms with Gasteiger partial charge in [0.05, 0.1) is 5.54 Å². The van der Waals surface area contributed by atoms with Gasteiger partial charge in [0.2, 0.25) is 5.91 Å². The van der Waals surface area contributed by atoms with E-state index in [4.69, 9.17) is 0 Å². The molecule has 0 rings (SSSR count). The van der Waals surface area contributed by atoms with Crippen molar-refractivity contribution in [2.45, 2.75) is 78.8 Å². The van der Waals surface area contributed by atoms with Crippen molar-refractivity contribution in [3.8, 4) is 0 Å². The van der Waals surface area contributed by atoms with Crippen LogP contribution in [0.25, 0.3) is 0 Å². The Hall–Kier alpha value is -0.570. The molecule has 0 bridgehead atoms. The van der Waals surface area contributed by atoms with E-state index in [2.05, 4.69) is 31.4 Å². The summed E-state index contributed by atoms with van der Waals surface area (Å²) in [5, 5.41) is 6.51. The molecule has 0 heterocycles. The first-order valence-electron chi connectivity index (χ1n) is 7.41. The molecule has 0 aliphatic rings. The second-order valence-corrected chi connectivity index (χ2v) is 5.96. The van der Waals surface area contributed by atoms with Crippen LogP contribution in [0.2, 0.25) is 0 Å². The fourth-order valence-electron chi connectivity index (χ4n) is 1.78. The minimum Gasteiger partial charge on any atom is -0.352 e. The van der Waals surface area contributed by atoms with Crippen molar-refractivity contribution in [3.63, 3.8) is 0 Å². The molecule has 108 valence electrons. The van der Waals surface area contributed by atoms with Crippen molar-refractivity contribution in [1.82, 2.24) is 10.6 Å². The topological polar surface area (TPSA) is 41.1 Å². The number of carbonyl (C=O) groups excluding carboxylic acids is 1. The molecule has 2 atom stereocenters. The Labute approximate surface area is 113 Å². The van der Waals surface area contributed by atoms with E-state index in [9.17, 15) is 4.79 Å². The first-order chi connectivity index (χ1) is 8.35. The Morgan fingerprint density at radius 1 is 1.22 bits per heavy atom. The highest BCUT2D eigenvalue weighted by molar-refractivity contribution is 5.86. The number of hydrogen-bond acceptors (Lipinski definition) is 2. The van der Waals surface area contributed by atoms with Crippen molar-refractivity contribution in [1.29, 1.82) is 0 Å². The van der Waals surface area contributed by atoms with Crippen molar-refractivity contribution < 1.29 is 4.79 Å². The zero-order valence-corrected chi connectivity index (χ0v) is 13.1. The van der Waals surface area contributed by atoms with Crippen LogP contribution in [-0.4, -0.2) is 24.0 Å². The lowest BCUT2D eigenvalue weighted by Gasteiger charge is -2.32. The number of nitrogens with one attached hydrogen (secondary N) is 2. The monoisotopic (exact) mass is 256 g/mol. The zero-order valence-electron chi connectivity index (χ0n) is 13.1. The summed E-state index contributed by atoms with van der Waals surface area (Å²) in [6, 6.07) is 0.198. The predicted molar refractivity (Wildman–Crippen MR) is 78.7 cm³/mol. The van der Waals surface area contributed by atoms with Crippen LogP contribution < -0.4 is 10.6 Å². The summed E-state index contributed by atoms with van der Waals surface area (Å²) < 4.78 is 0. The molecule has 0 spiro atoms. The molecule has 0 aliphatic carbocycles. The quantitative estimate of drug-likeness (QED) is 0.665. The summed E-state index contributed by atoms with van der Waals surface area (Å²) in [5.74, 6) is 0.743. The predicted octanol–water partition coefficient (Wildman–Crippen LogP) is 3.10. The fourth-order valence-corrected chi connectivity index (χ4v) is 1.78. The van der Waals surface area contributed by atoms with E-state index in [-0.39, 0.29) is 11.9 Å². The Morgan fingerprint density at radius 2 is 1.83 bits per heavy atom.